The van der Waals surface area contributed by atoms with Crippen LogP contribution >= 0.6 is 0 Å². The monoisotopic (exact) mass is 318 g/mol. The summed E-state index contributed by atoms with van der Waals surface area (Å²) in [6, 6.07) is 1.62. The van der Waals surface area contributed by atoms with Crippen molar-refractivity contribution in [3.63, 3.8) is 0 Å². The van der Waals surface area contributed by atoms with E-state index in [2.05, 4.69) is 4.98 Å². The second-order valence-corrected chi connectivity index (χ2v) is 7.92. The zero-order valence-electron chi connectivity index (χ0n) is 12.4. The number of rotatable bonds is 5. The number of halogens is 2. The van der Waals surface area contributed by atoms with Crippen molar-refractivity contribution in [1.29, 1.82) is 0 Å². The van der Waals surface area contributed by atoms with Gasteiger partial charge in [-0.25, -0.2) is 17.2 Å². The normalized spacial score (nSPS) is 16.1. The largest absolute Gasteiger partial charge is 0.269 e. The maximum Gasteiger partial charge on any atom is 0.253 e. The predicted octanol–water partition coefficient (Wildman–Crippen LogP) is 2.85. The molecule has 1 aliphatic heterocycles. The lowest BCUT2D eigenvalue weighted by molar-refractivity contribution is -0.0969. The minimum Gasteiger partial charge on any atom is -0.269 e. The molecule has 0 amide bonds. The first kappa shape index (κ1) is 16.1. The van der Waals surface area contributed by atoms with Gasteiger partial charge in [-0.2, -0.15) is 0 Å². The maximum absolute atomic E-state index is 14.0. The summed E-state index contributed by atoms with van der Waals surface area (Å²) in [6.45, 7) is 4.26. The van der Waals surface area contributed by atoms with Crippen LogP contribution in [0.1, 0.15) is 32.8 Å². The standard InChI is InChI=1S/C14H20F2N2O2S/c1-4-14(15,16)13(2,3)10-21(19,20)18-8-6-11-9-17-7-5-12(11)18/h5,7,9H,4,6,8,10H2,1-3H3. The van der Waals surface area contributed by atoms with Crippen LogP contribution in [0.2, 0.25) is 0 Å². The SMILES string of the molecule is CCC(F)(F)C(C)(C)CS(=O)(=O)N1CCc2cnccc21. The molecule has 0 aliphatic carbocycles. The molecule has 118 valence electrons. The fourth-order valence-corrected chi connectivity index (χ4v) is 4.73. The molecule has 0 bridgehead atoms. The number of nitrogens with zero attached hydrogens (tertiary/aromatic N) is 2. The second-order valence-electron chi connectivity index (χ2n) is 6.02. The number of anilines is 1. The third-order valence-electron chi connectivity index (χ3n) is 4.04. The van der Waals surface area contributed by atoms with E-state index in [4.69, 9.17) is 0 Å². The van der Waals surface area contributed by atoms with E-state index in [1.54, 1.807) is 12.3 Å². The van der Waals surface area contributed by atoms with E-state index in [1.807, 2.05) is 0 Å². The molecule has 7 heteroatoms. The summed E-state index contributed by atoms with van der Waals surface area (Å²) in [5, 5.41) is 0. The van der Waals surface area contributed by atoms with Crippen molar-refractivity contribution in [2.75, 3.05) is 16.6 Å². The summed E-state index contributed by atoms with van der Waals surface area (Å²) in [5.74, 6) is -3.61. The van der Waals surface area contributed by atoms with Crippen molar-refractivity contribution >= 4 is 15.7 Å². The lowest BCUT2D eigenvalue weighted by Gasteiger charge is -2.34. The Morgan fingerprint density at radius 3 is 2.67 bits per heavy atom. The summed E-state index contributed by atoms with van der Waals surface area (Å²) >= 11 is 0. The van der Waals surface area contributed by atoms with E-state index in [9.17, 15) is 17.2 Å². The smallest absolute Gasteiger partial charge is 0.253 e. The summed E-state index contributed by atoms with van der Waals surface area (Å²) in [4.78, 5) is 3.96. The van der Waals surface area contributed by atoms with Crippen molar-refractivity contribution < 1.29 is 17.2 Å². The van der Waals surface area contributed by atoms with Crippen LogP contribution in [0.25, 0.3) is 0 Å². The van der Waals surface area contributed by atoms with Crippen molar-refractivity contribution in [2.45, 2.75) is 39.5 Å². The number of alkyl halides is 2. The molecule has 0 atom stereocenters. The molecule has 0 radical (unpaired) electrons. The van der Waals surface area contributed by atoms with Crippen LogP contribution in [0.15, 0.2) is 18.5 Å². The van der Waals surface area contributed by atoms with Gasteiger partial charge in [-0.15, -0.1) is 0 Å². The highest BCUT2D eigenvalue weighted by Gasteiger charge is 2.49. The van der Waals surface area contributed by atoms with Crippen LogP contribution in [-0.2, 0) is 16.4 Å². The molecular formula is C14H20F2N2O2S. The third kappa shape index (κ3) is 2.88. The molecule has 21 heavy (non-hydrogen) atoms. The van der Waals surface area contributed by atoms with Gasteiger partial charge in [0.1, 0.15) is 0 Å². The second kappa shape index (κ2) is 5.19. The molecule has 1 aromatic rings. The Balaban J connectivity index is 2.29. The Labute approximate surface area is 124 Å². The third-order valence-corrected chi connectivity index (χ3v) is 6.18. The first-order valence-corrected chi connectivity index (χ1v) is 8.53. The van der Waals surface area contributed by atoms with E-state index >= 15 is 0 Å². The van der Waals surface area contributed by atoms with Crippen LogP contribution in [0.3, 0.4) is 0 Å². The molecule has 4 nitrogen and oxygen atoms in total. The number of hydrogen-bond acceptors (Lipinski definition) is 3. The fraction of sp³-hybridized carbons (Fsp3) is 0.643. The van der Waals surface area contributed by atoms with Gasteiger partial charge < -0.3 is 0 Å². The van der Waals surface area contributed by atoms with Gasteiger partial charge in [0.25, 0.3) is 5.92 Å². The quantitative estimate of drug-likeness (QED) is 0.839. The predicted molar refractivity (Wildman–Crippen MR) is 78.1 cm³/mol. The first-order valence-electron chi connectivity index (χ1n) is 6.92. The Morgan fingerprint density at radius 1 is 1.38 bits per heavy atom. The highest BCUT2D eigenvalue weighted by molar-refractivity contribution is 7.92. The molecule has 0 saturated carbocycles. The fourth-order valence-electron chi connectivity index (χ4n) is 2.61. The topological polar surface area (TPSA) is 50.3 Å². The lowest BCUT2D eigenvalue weighted by Crippen LogP contribution is -2.45. The average Bonchev–Trinajstić information content (AvgIpc) is 2.81. The van der Waals surface area contributed by atoms with Gasteiger partial charge in [-0.1, -0.05) is 20.8 Å². The van der Waals surface area contributed by atoms with Gasteiger partial charge in [0.05, 0.1) is 11.4 Å². The Kier molecular flexibility index (Phi) is 3.99. The van der Waals surface area contributed by atoms with Crippen molar-refractivity contribution in [3.8, 4) is 0 Å². The van der Waals surface area contributed by atoms with E-state index in [0.717, 1.165) is 5.56 Å². The molecule has 2 rings (SSSR count). The number of aromatic nitrogens is 1. The Morgan fingerprint density at radius 2 is 2.05 bits per heavy atom. The first-order chi connectivity index (χ1) is 9.61. The molecule has 1 aliphatic rings. The maximum atomic E-state index is 14.0. The number of sulfonamides is 1. The molecular weight excluding hydrogens is 298 g/mol. The summed E-state index contributed by atoms with van der Waals surface area (Å²) in [6.07, 6.45) is 3.32. The van der Waals surface area contributed by atoms with Crippen LogP contribution in [-0.4, -0.2) is 31.6 Å². The van der Waals surface area contributed by atoms with Gasteiger partial charge in [-0.05, 0) is 18.1 Å². The highest BCUT2D eigenvalue weighted by Crippen LogP contribution is 2.41. The van der Waals surface area contributed by atoms with E-state index in [0.29, 0.717) is 12.1 Å². The van der Waals surface area contributed by atoms with Gasteiger partial charge >= 0.3 is 0 Å². The molecule has 0 unspecified atom stereocenters. The summed E-state index contributed by atoms with van der Waals surface area (Å²) < 4.78 is 54.2. The van der Waals surface area contributed by atoms with Gasteiger partial charge in [-0.3, -0.25) is 9.29 Å². The molecule has 0 fully saturated rings. The minimum atomic E-state index is -3.80. The Bertz CT molecular complexity index is 630. The molecule has 1 aromatic heterocycles. The number of fused-ring (bicyclic) bond motifs is 1. The van der Waals surface area contributed by atoms with Crippen molar-refractivity contribution in [3.05, 3.63) is 24.0 Å². The highest BCUT2D eigenvalue weighted by atomic mass is 32.2. The van der Waals surface area contributed by atoms with Gasteiger partial charge in [0.2, 0.25) is 10.0 Å². The van der Waals surface area contributed by atoms with Gasteiger partial charge in [0.15, 0.2) is 0 Å². The zero-order chi connectivity index (χ0) is 15.9. The van der Waals surface area contributed by atoms with Crippen molar-refractivity contribution in [1.82, 2.24) is 4.98 Å². The molecule has 0 N–H and O–H groups in total. The summed E-state index contributed by atoms with van der Waals surface area (Å²) in [5.41, 5.74) is -0.224. The van der Waals surface area contributed by atoms with E-state index < -0.39 is 27.1 Å². The van der Waals surface area contributed by atoms with E-state index in [1.165, 1.54) is 31.3 Å². The number of pyridine rings is 1. The molecule has 0 spiro atoms. The molecule has 2 heterocycles. The summed E-state index contributed by atoms with van der Waals surface area (Å²) in [7, 11) is -3.80. The zero-order valence-corrected chi connectivity index (χ0v) is 13.3. The average molecular weight is 318 g/mol. The molecule has 0 aromatic carbocycles. The number of hydrogen-bond donors (Lipinski definition) is 0. The lowest BCUT2D eigenvalue weighted by atomic mass is 9.86. The molecule has 0 saturated heterocycles. The van der Waals surface area contributed by atoms with Crippen LogP contribution < -0.4 is 4.31 Å². The van der Waals surface area contributed by atoms with Crippen LogP contribution in [0, 0.1) is 5.41 Å². The minimum absolute atomic E-state index is 0.289. The van der Waals surface area contributed by atoms with Crippen molar-refractivity contribution in [2.24, 2.45) is 5.41 Å². The van der Waals surface area contributed by atoms with Crippen LogP contribution in [0.5, 0.6) is 0 Å². The van der Waals surface area contributed by atoms with Gasteiger partial charge in [0, 0.05) is 30.8 Å². The Hall–Kier alpha value is -1.24. The van der Waals surface area contributed by atoms with Crippen LogP contribution in [0.4, 0.5) is 14.5 Å². The van der Waals surface area contributed by atoms with E-state index in [-0.39, 0.29) is 13.0 Å².